The second-order valence-electron chi connectivity index (χ2n) is 10.1. The van der Waals surface area contributed by atoms with Gasteiger partial charge in [0.15, 0.2) is 9.84 Å². The number of benzene rings is 1. The van der Waals surface area contributed by atoms with Gasteiger partial charge < -0.3 is 26.2 Å². The predicted molar refractivity (Wildman–Crippen MR) is 138 cm³/mol. The monoisotopic (exact) mass is 580 g/mol. The van der Waals surface area contributed by atoms with Crippen molar-refractivity contribution < 1.29 is 42.6 Å². The summed E-state index contributed by atoms with van der Waals surface area (Å²) in [4.78, 5) is 60.4. The van der Waals surface area contributed by atoms with Gasteiger partial charge in [-0.3, -0.25) is 19.3 Å². The third-order valence-electron chi connectivity index (χ3n) is 7.31. The molecule has 1 aromatic rings. The Morgan fingerprint density at radius 2 is 1.77 bits per heavy atom. The fourth-order valence-corrected chi connectivity index (χ4v) is 8.48. The molecule has 4 aliphatic rings. The first-order valence-electron chi connectivity index (χ1n) is 11.9. The van der Waals surface area contributed by atoms with Crippen molar-refractivity contribution in [1.82, 2.24) is 15.1 Å². The number of rotatable bonds is 5. The Morgan fingerprint density at radius 3 is 2.28 bits per heavy atom. The summed E-state index contributed by atoms with van der Waals surface area (Å²) in [5.74, 6) is -3.16. The van der Waals surface area contributed by atoms with Crippen molar-refractivity contribution in [3.63, 3.8) is 0 Å². The van der Waals surface area contributed by atoms with E-state index in [1.807, 2.05) is 6.07 Å². The fourth-order valence-electron chi connectivity index (χ4n) is 5.06. The van der Waals surface area contributed by atoms with E-state index in [2.05, 4.69) is 5.32 Å². The minimum atomic E-state index is -3.57. The minimum absolute atomic E-state index is 0.0154. The Kier molecular flexibility index (Phi) is 7.29. The van der Waals surface area contributed by atoms with Gasteiger partial charge in [-0.25, -0.2) is 18.0 Å². The Balaban J connectivity index is 0.000000202. The van der Waals surface area contributed by atoms with Crippen molar-refractivity contribution in [3.8, 4) is 0 Å². The van der Waals surface area contributed by atoms with E-state index < -0.39 is 73.1 Å². The molecule has 5 atom stereocenters. The highest BCUT2D eigenvalue weighted by Crippen LogP contribution is 2.45. The zero-order valence-corrected chi connectivity index (χ0v) is 22.9. The van der Waals surface area contributed by atoms with Crippen molar-refractivity contribution in [2.75, 3.05) is 5.75 Å². The molecule has 0 bridgehead atoms. The summed E-state index contributed by atoms with van der Waals surface area (Å²) in [6, 6.07) is 5.98. The lowest BCUT2D eigenvalue weighted by molar-refractivity contribution is -0.157. The van der Waals surface area contributed by atoms with Crippen LogP contribution in [0.25, 0.3) is 0 Å². The van der Waals surface area contributed by atoms with Gasteiger partial charge in [0.2, 0.25) is 11.8 Å². The van der Waals surface area contributed by atoms with Gasteiger partial charge in [0, 0.05) is 5.75 Å². The lowest BCUT2D eigenvalue weighted by Crippen LogP contribution is -2.71. The number of amides is 3. The van der Waals surface area contributed by atoms with E-state index in [1.165, 1.54) is 30.5 Å². The Hall–Kier alpha value is -3.43. The molecule has 3 saturated heterocycles. The number of thioether (sulfide) groups is 1. The summed E-state index contributed by atoms with van der Waals surface area (Å²) in [6.07, 6.45) is -0.0878. The van der Waals surface area contributed by atoms with Crippen molar-refractivity contribution in [3.05, 3.63) is 47.2 Å². The maximum absolute atomic E-state index is 12.3. The third kappa shape index (κ3) is 4.47. The standard InChI is InChI=1S/C16H17N3O4S.C8H11NO5S/c1-8-7-24-15-11(14(21)19(15)12(8)16(22)23)18-13(20)10(17)9-5-3-2-4-6-9;1-8(2)6(7(11)12)9-4(10)3-5(9)15(8,13)14/h2-6,10-11,15H,7,17H2,1H3,(H,18,20)(H,22,23);5-6H,3H2,1-2H3,(H,11,12)/t10?,11-,15-;5-,6+/m11/s1. The van der Waals surface area contributed by atoms with Gasteiger partial charge in [-0.05, 0) is 31.9 Å². The van der Waals surface area contributed by atoms with E-state index in [0.29, 0.717) is 16.9 Å². The molecule has 0 radical (unpaired) electrons. The summed E-state index contributed by atoms with van der Waals surface area (Å²) < 4.78 is 22.4. The molecule has 0 aliphatic carbocycles. The fraction of sp³-hybridized carbons (Fsp3) is 0.458. The summed E-state index contributed by atoms with van der Waals surface area (Å²) in [5, 5.41) is 19.6. The number of hydrogen-bond donors (Lipinski definition) is 4. The van der Waals surface area contributed by atoms with Crippen LogP contribution in [-0.2, 0) is 33.8 Å². The van der Waals surface area contributed by atoms with Gasteiger partial charge >= 0.3 is 11.9 Å². The van der Waals surface area contributed by atoms with Crippen LogP contribution in [0.1, 0.15) is 38.8 Å². The number of β-lactam (4-membered cyclic amide) rings is 2. The average Bonchev–Trinajstić information content (AvgIpc) is 3.00. The smallest absolute Gasteiger partial charge is 0.352 e. The van der Waals surface area contributed by atoms with Crippen LogP contribution in [-0.4, -0.2) is 91.4 Å². The lowest BCUT2D eigenvalue weighted by Gasteiger charge is -2.49. The molecule has 0 spiro atoms. The minimum Gasteiger partial charge on any atom is -0.480 e. The highest BCUT2D eigenvalue weighted by atomic mass is 32.2. The molecule has 39 heavy (non-hydrogen) atoms. The predicted octanol–water partition coefficient (Wildman–Crippen LogP) is -0.350. The second kappa shape index (κ2) is 9.95. The molecule has 15 heteroatoms. The number of aliphatic carboxylic acids is 2. The Bertz CT molecular complexity index is 1390. The number of carbonyl (C=O) groups excluding carboxylic acids is 3. The molecule has 4 heterocycles. The van der Waals surface area contributed by atoms with Gasteiger partial charge in [0.1, 0.15) is 34.6 Å². The van der Waals surface area contributed by atoms with Crippen LogP contribution in [0, 0.1) is 0 Å². The molecule has 3 fully saturated rings. The molecule has 3 amide bonds. The van der Waals surface area contributed by atoms with E-state index in [-0.39, 0.29) is 12.1 Å². The number of nitrogens with two attached hydrogens (primary N) is 1. The summed E-state index contributed by atoms with van der Waals surface area (Å²) in [7, 11) is -3.57. The summed E-state index contributed by atoms with van der Waals surface area (Å²) in [5.41, 5.74) is 7.24. The van der Waals surface area contributed by atoms with Gasteiger partial charge in [0.25, 0.3) is 5.91 Å². The number of nitrogens with one attached hydrogen (secondary N) is 1. The molecule has 210 valence electrons. The third-order valence-corrected chi connectivity index (χ3v) is 11.5. The topological polar surface area (TPSA) is 204 Å². The number of carbonyl (C=O) groups is 5. The largest absolute Gasteiger partial charge is 0.480 e. The van der Waals surface area contributed by atoms with E-state index in [0.717, 1.165) is 4.90 Å². The van der Waals surface area contributed by atoms with Crippen molar-refractivity contribution in [2.24, 2.45) is 5.73 Å². The van der Waals surface area contributed by atoms with Crippen LogP contribution in [0.4, 0.5) is 0 Å². The number of carboxylic acids is 2. The van der Waals surface area contributed by atoms with Crippen molar-refractivity contribution in [1.29, 1.82) is 0 Å². The molecule has 1 aromatic carbocycles. The van der Waals surface area contributed by atoms with Crippen LogP contribution >= 0.6 is 11.8 Å². The van der Waals surface area contributed by atoms with Crippen molar-refractivity contribution >= 4 is 51.3 Å². The second-order valence-corrected chi connectivity index (χ2v) is 13.9. The van der Waals surface area contributed by atoms with Gasteiger partial charge in [-0.2, -0.15) is 0 Å². The molecule has 5 rings (SSSR count). The first kappa shape index (κ1) is 28.6. The SMILES string of the molecule is CC1(C)[C@H](C(=O)O)N2C(=O)C[C@H]2S1(=O)=O.CC1=C(C(=O)O)N2C(=O)[C@@H](NC(=O)C(N)c3ccccc3)[C@H]2SC1. The summed E-state index contributed by atoms with van der Waals surface area (Å²) in [6.45, 7) is 4.40. The van der Waals surface area contributed by atoms with Gasteiger partial charge in [0.05, 0.1) is 11.2 Å². The van der Waals surface area contributed by atoms with E-state index in [9.17, 15) is 37.5 Å². The van der Waals surface area contributed by atoms with Gasteiger partial charge in [-0.15, -0.1) is 11.8 Å². The number of hydrogen-bond acceptors (Lipinski definition) is 9. The van der Waals surface area contributed by atoms with Gasteiger partial charge in [-0.1, -0.05) is 30.3 Å². The highest BCUT2D eigenvalue weighted by molar-refractivity contribution is 8.00. The van der Waals surface area contributed by atoms with Crippen molar-refractivity contribution in [2.45, 2.75) is 60.8 Å². The van der Waals surface area contributed by atoms with E-state index >= 15 is 0 Å². The highest BCUT2D eigenvalue weighted by Gasteiger charge is 2.67. The van der Waals surface area contributed by atoms with Crippen LogP contribution in [0.5, 0.6) is 0 Å². The molecule has 5 N–H and O–H groups in total. The molecule has 0 saturated carbocycles. The Labute approximate surface area is 228 Å². The zero-order chi connectivity index (χ0) is 29.0. The number of carboxylic acid groups (broad SMARTS) is 2. The van der Waals surface area contributed by atoms with E-state index in [4.69, 9.17) is 10.8 Å². The number of sulfone groups is 1. The van der Waals surface area contributed by atoms with Crippen LogP contribution < -0.4 is 11.1 Å². The molecular formula is C24H28N4O9S2. The van der Waals surface area contributed by atoms with Crippen LogP contribution in [0.3, 0.4) is 0 Å². The molecular weight excluding hydrogens is 552 g/mol. The van der Waals surface area contributed by atoms with Crippen LogP contribution in [0.2, 0.25) is 0 Å². The zero-order valence-electron chi connectivity index (χ0n) is 21.2. The first-order valence-corrected chi connectivity index (χ1v) is 14.5. The molecule has 0 aromatic heterocycles. The maximum atomic E-state index is 12.3. The van der Waals surface area contributed by atoms with Crippen LogP contribution in [0.15, 0.2) is 41.6 Å². The number of nitrogens with zero attached hydrogens (tertiary/aromatic N) is 2. The normalized spacial score (nSPS) is 28.6. The Morgan fingerprint density at radius 1 is 1.15 bits per heavy atom. The number of fused-ring (bicyclic) bond motifs is 2. The average molecular weight is 581 g/mol. The lowest BCUT2D eigenvalue weighted by atomic mass is 9.98. The quantitative estimate of drug-likeness (QED) is 0.331. The molecule has 13 nitrogen and oxygen atoms in total. The first-order chi connectivity index (χ1) is 18.1. The van der Waals surface area contributed by atoms with E-state index in [1.54, 1.807) is 31.2 Å². The molecule has 4 aliphatic heterocycles. The molecule has 1 unspecified atom stereocenters. The summed E-state index contributed by atoms with van der Waals surface area (Å²) >= 11 is 1.43. The maximum Gasteiger partial charge on any atom is 0.352 e.